The number of carbonyl (C=O) groups excluding carboxylic acids is 1. The summed E-state index contributed by atoms with van der Waals surface area (Å²) in [6.45, 7) is 5.38. The van der Waals surface area contributed by atoms with Gasteiger partial charge in [0, 0.05) is 18.3 Å². The normalized spacial score (nSPS) is 20.4. The Morgan fingerprint density at radius 3 is 2.49 bits per heavy atom. The van der Waals surface area contributed by atoms with Crippen LogP contribution in [-0.4, -0.2) is 53.7 Å². The molecule has 3 aliphatic heterocycles. The van der Waals surface area contributed by atoms with E-state index in [4.69, 9.17) is 26.2 Å². The van der Waals surface area contributed by atoms with Crippen LogP contribution in [0.25, 0.3) is 0 Å². The third-order valence-electron chi connectivity index (χ3n) is 7.68. The lowest BCUT2D eigenvalue weighted by atomic mass is 9.97. The van der Waals surface area contributed by atoms with Crippen molar-refractivity contribution in [2.75, 3.05) is 13.2 Å². The number of esters is 1. The summed E-state index contributed by atoms with van der Waals surface area (Å²) < 4.78 is 5.72. The van der Waals surface area contributed by atoms with Gasteiger partial charge in [0.05, 0.1) is 18.4 Å². The van der Waals surface area contributed by atoms with E-state index in [9.17, 15) is 4.79 Å². The van der Waals surface area contributed by atoms with E-state index in [0.29, 0.717) is 30.8 Å². The molecule has 208 valence electrons. The SMILES string of the molecule is CCCCCCCCC[C@@H]1C[C@@H]2CCC3=C(C(=O)OCCCCN=C(N)N)C(CCCCC)=NC(=N1)N32. The quantitative estimate of drug-likeness (QED) is 0.107. The van der Waals surface area contributed by atoms with Crippen molar-refractivity contribution in [2.24, 2.45) is 26.4 Å². The molecule has 0 bridgehead atoms. The summed E-state index contributed by atoms with van der Waals surface area (Å²) in [4.78, 5) is 29.7. The zero-order valence-electron chi connectivity index (χ0n) is 23.3. The van der Waals surface area contributed by atoms with Crippen LogP contribution in [0.4, 0.5) is 0 Å². The highest BCUT2D eigenvalue weighted by Crippen LogP contribution is 2.40. The monoisotopic (exact) mass is 514 g/mol. The number of nitrogens with two attached hydrogens (primary N) is 2. The Hall–Kier alpha value is -2.38. The van der Waals surface area contributed by atoms with Crippen LogP contribution < -0.4 is 11.5 Å². The van der Waals surface area contributed by atoms with Crippen LogP contribution in [0.15, 0.2) is 26.2 Å². The molecule has 0 aliphatic carbocycles. The van der Waals surface area contributed by atoms with Crippen LogP contribution in [0.2, 0.25) is 0 Å². The van der Waals surface area contributed by atoms with Gasteiger partial charge < -0.3 is 21.1 Å². The third-order valence-corrected chi connectivity index (χ3v) is 7.68. The molecule has 1 saturated heterocycles. The van der Waals surface area contributed by atoms with Crippen molar-refractivity contribution in [1.29, 1.82) is 0 Å². The molecule has 4 N–H and O–H groups in total. The van der Waals surface area contributed by atoms with E-state index in [1.165, 1.54) is 44.9 Å². The average Bonchev–Trinajstić information content (AvgIpc) is 3.30. The zero-order valence-corrected chi connectivity index (χ0v) is 23.3. The van der Waals surface area contributed by atoms with Crippen LogP contribution in [0, 0.1) is 0 Å². The van der Waals surface area contributed by atoms with Gasteiger partial charge in [-0.25, -0.2) is 14.8 Å². The van der Waals surface area contributed by atoms with Crippen molar-refractivity contribution in [1.82, 2.24) is 4.90 Å². The van der Waals surface area contributed by atoms with Crippen molar-refractivity contribution < 1.29 is 9.53 Å². The first-order valence-electron chi connectivity index (χ1n) is 15.0. The highest BCUT2D eigenvalue weighted by atomic mass is 16.5. The maximum absolute atomic E-state index is 13.3. The first kappa shape index (κ1) is 29.2. The topological polar surface area (TPSA) is 119 Å². The molecule has 0 aromatic rings. The van der Waals surface area contributed by atoms with E-state index < -0.39 is 0 Å². The standard InChI is InChI=1S/C29H50N6O2/c1-3-5-7-8-9-10-12-15-22-21-23-17-18-25-26(27(36)37-20-14-13-19-32-28(30)31)24(16-11-6-4-2)34-29(33-22)35(23)25/h22-23H,3-21H2,1-2H3,(H4,30,31,32)/t22-,23+/m1/s1. The van der Waals surface area contributed by atoms with Gasteiger partial charge in [0.15, 0.2) is 5.96 Å². The summed E-state index contributed by atoms with van der Waals surface area (Å²) in [6.07, 6.45) is 19.0. The number of allylic oxidation sites excluding steroid dienone is 1. The minimum absolute atomic E-state index is 0.0959. The lowest BCUT2D eigenvalue weighted by Crippen LogP contribution is -2.44. The Morgan fingerprint density at radius 2 is 1.73 bits per heavy atom. The first-order chi connectivity index (χ1) is 18.0. The summed E-state index contributed by atoms with van der Waals surface area (Å²) in [5.41, 5.74) is 13.4. The number of aliphatic imine (C=N–C) groups is 3. The highest BCUT2D eigenvalue weighted by Gasteiger charge is 2.43. The molecule has 8 heteroatoms. The number of nitrogens with zero attached hydrogens (tertiary/aromatic N) is 4. The molecular formula is C29H50N6O2. The number of carbonyl (C=O) groups is 1. The molecule has 3 aliphatic rings. The minimum Gasteiger partial charge on any atom is -0.462 e. The van der Waals surface area contributed by atoms with Crippen molar-refractivity contribution in [3.63, 3.8) is 0 Å². The van der Waals surface area contributed by atoms with E-state index in [0.717, 1.165) is 81.6 Å². The van der Waals surface area contributed by atoms with Crippen LogP contribution in [0.5, 0.6) is 0 Å². The van der Waals surface area contributed by atoms with Crippen molar-refractivity contribution in [3.8, 4) is 0 Å². The van der Waals surface area contributed by atoms with Gasteiger partial charge in [0.2, 0.25) is 5.96 Å². The fourth-order valence-electron chi connectivity index (χ4n) is 5.68. The lowest BCUT2D eigenvalue weighted by molar-refractivity contribution is -0.138. The molecule has 2 atom stereocenters. The van der Waals surface area contributed by atoms with E-state index in [1.54, 1.807) is 0 Å². The third kappa shape index (κ3) is 8.85. The molecule has 0 saturated carbocycles. The fraction of sp³-hybridized carbons (Fsp3) is 0.793. The van der Waals surface area contributed by atoms with Gasteiger partial charge in [-0.05, 0) is 51.4 Å². The molecule has 37 heavy (non-hydrogen) atoms. The number of rotatable bonds is 18. The second kappa shape index (κ2) is 15.8. The smallest absolute Gasteiger partial charge is 0.341 e. The maximum Gasteiger partial charge on any atom is 0.341 e. The molecule has 0 aromatic heterocycles. The summed E-state index contributed by atoms with van der Waals surface area (Å²) in [5, 5.41) is 0. The Kier molecular flexibility index (Phi) is 12.4. The van der Waals surface area contributed by atoms with Crippen LogP contribution >= 0.6 is 0 Å². The molecule has 0 amide bonds. The van der Waals surface area contributed by atoms with E-state index in [1.807, 2.05) is 0 Å². The maximum atomic E-state index is 13.3. The largest absolute Gasteiger partial charge is 0.462 e. The number of ether oxygens (including phenoxy) is 1. The van der Waals surface area contributed by atoms with Gasteiger partial charge in [-0.3, -0.25) is 4.99 Å². The summed E-state index contributed by atoms with van der Waals surface area (Å²) >= 11 is 0. The van der Waals surface area contributed by atoms with Gasteiger partial charge in [-0.1, -0.05) is 71.6 Å². The minimum atomic E-state index is -0.239. The highest BCUT2D eigenvalue weighted by molar-refractivity contribution is 6.24. The predicted molar refractivity (Wildman–Crippen MR) is 153 cm³/mol. The zero-order chi connectivity index (χ0) is 26.5. The second-order valence-corrected chi connectivity index (χ2v) is 10.8. The average molecular weight is 515 g/mol. The summed E-state index contributed by atoms with van der Waals surface area (Å²) in [6, 6.07) is 0.756. The molecule has 8 nitrogen and oxygen atoms in total. The van der Waals surface area contributed by atoms with Gasteiger partial charge in [-0.2, -0.15) is 0 Å². The number of hydrogen-bond donors (Lipinski definition) is 2. The Bertz CT molecular complexity index is 858. The van der Waals surface area contributed by atoms with Crippen LogP contribution in [0.3, 0.4) is 0 Å². The molecule has 3 heterocycles. The number of guanidine groups is 2. The second-order valence-electron chi connectivity index (χ2n) is 10.8. The van der Waals surface area contributed by atoms with Crippen LogP contribution in [0.1, 0.15) is 123 Å². The first-order valence-corrected chi connectivity index (χ1v) is 15.0. The molecule has 0 spiro atoms. The summed E-state index contributed by atoms with van der Waals surface area (Å²) in [5.74, 6) is 0.701. The number of hydrogen-bond acceptors (Lipinski definition) is 6. The van der Waals surface area contributed by atoms with Crippen molar-refractivity contribution >= 4 is 23.6 Å². The molecule has 0 radical (unpaired) electrons. The Balaban J connectivity index is 1.63. The molecule has 0 aromatic carbocycles. The predicted octanol–water partition coefficient (Wildman–Crippen LogP) is 5.61. The van der Waals surface area contributed by atoms with E-state index >= 15 is 0 Å². The molecule has 0 unspecified atom stereocenters. The summed E-state index contributed by atoms with van der Waals surface area (Å²) in [7, 11) is 0. The Labute approximate surface area is 224 Å². The van der Waals surface area contributed by atoms with Gasteiger partial charge in [-0.15, -0.1) is 0 Å². The number of unbranched alkanes of at least 4 members (excludes halogenated alkanes) is 9. The van der Waals surface area contributed by atoms with Gasteiger partial charge >= 0.3 is 5.97 Å². The van der Waals surface area contributed by atoms with Gasteiger partial charge in [0.1, 0.15) is 5.57 Å². The van der Waals surface area contributed by atoms with Gasteiger partial charge in [0.25, 0.3) is 0 Å². The van der Waals surface area contributed by atoms with E-state index in [-0.39, 0.29) is 11.9 Å². The Morgan fingerprint density at radius 1 is 1.00 bits per heavy atom. The van der Waals surface area contributed by atoms with Crippen LogP contribution in [-0.2, 0) is 9.53 Å². The van der Waals surface area contributed by atoms with Crippen molar-refractivity contribution in [2.45, 2.75) is 135 Å². The molecular weight excluding hydrogens is 464 g/mol. The molecule has 3 rings (SSSR count). The fourth-order valence-corrected chi connectivity index (χ4v) is 5.68. The molecule has 1 fully saturated rings. The van der Waals surface area contributed by atoms with Crippen molar-refractivity contribution in [3.05, 3.63) is 11.3 Å². The van der Waals surface area contributed by atoms with E-state index in [2.05, 4.69) is 23.7 Å². The lowest BCUT2D eigenvalue weighted by Gasteiger charge is -2.37.